The Hall–Kier alpha value is -3.09. The van der Waals surface area contributed by atoms with E-state index >= 15 is 0 Å². The number of hydrogen-bond donors (Lipinski definition) is 1. The van der Waals surface area contributed by atoms with Gasteiger partial charge in [-0.25, -0.2) is 4.90 Å². The maximum atomic E-state index is 13.2. The number of halogens is 1. The Balaban J connectivity index is 1.78. The minimum atomic E-state index is -0.432. The van der Waals surface area contributed by atoms with Crippen molar-refractivity contribution >= 4 is 51.7 Å². The van der Waals surface area contributed by atoms with Crippen molar-refractivity contribution in [2.24, 2.45) is 0 Å². The van der Waals surface area contributed by atoms with Gasteiger partial charge >= 0.3 is 0 Å². The van der Waals surface area contributed by atoms with Crippen LogP contribution in [0.1, 0.15) is 4.88 Å². The number of ether oxygens (including phenoxy) is 1. The summed E-state index contributed by atoms with van der Waals surface area (Å²) in [5.74, 6) is -0.357. The first-order chi connectivity index (χ1) is 13.6. The summed E-state index contributed by atoms with van der Waals surface area (Å²) in [5.41, 5.74) is 1.70. The quantitative estimate of drug-likeness (QED) is 0.613. The van der Waals surface area contributed by atoms with E-state index < -0.39 is 11.8 Å². The van der Waals surface area contributed by atoms with Crippen LogP contribution in [-0.4, -0.2) is 18.9 Å². The molecule has 140 valence electrons. The zero-order valence-electron chi connectivity index (χ0n) is 14.8. The van der Waals surface area contributed by atoms with E-state index in [1.54, 1.807) is 18.2 Å². The Morgan fingerprint density at radius 2 is 1.79 bits per heavy atom. The number of nitrogens with one attached hydrogen (secondary N) is 1. The summed E-state index contributed by atoms with van der Waals surface area (Å²) >= 11 is 7.61. The third kappa shape index (κ3) is 3.17. The molecule has 1 aliphatic rings. The lowest BCUT2D eigenvalue weighted by atomic mass is 10.2. The zero-order valence-corrected chi connectivity index (χ0v) is 16.4. The molecule has 7 heteroatoms. The summed E-state index contributed by atoms with van der Waals surface area (Å²) < 4.78 is 5.16. The highest BCUT2D eigenvalue weighted by atomic mass is 35.5. The summed E-state index contributed by atoms with van der Waals surface area (Å²) in [6.45, 7) is 0. The van der Waals surface area contributed by atoms with E-state index in [-0.39, 0.29) is 5.70 Å². The van der Waals surface area contributed by atoms with Crippen LogP contribution in [0.15, 0.2) is 71.7 Å². The molecule has 2 aromatic carbocycles. The van der Waals surface area contributed by atoms with Gasteiger partial charge in [0.05, 0.1) is 23.4 Å². The number of hydrogen-bond acceptors (Lipinski definition) is 5. The molecule has 28 heavy (non-hydrogen) atoms. The van der Waals surface area contributed by atoms with E-state index in [1.807, 2.05) is 47.8 Å². The van der Waals surface area contributed by atoms with Gasteiger partial charge in [0.25, 0.3) is 11.8 Å². The molecule has 0 atom stereocenters. The molecule has 1 N–H and O–H groups in total. The van der Waals surface area contributed by atoms with Crippen LogP contribution < -0.4 is 15.0 Å². The van der Waals surface area contributed by atoms with Crippen molar-refractivity contribution < 1.29 is 14.3 Å². The van der Waals surface area contributed by atoms with Crippen molar-refractivity contribution in [3.63, 3.8) is 0 Å². The Morgan fingerprint density at radius 1 is 1.00 bits per heavy atom. The van der Waals surface area contributed by atoms with E-state index in [9.17, 15) is 9.59 Å². The number of carbonyl (C=O) groups is 2. The lowest BCUT2D eigenvalue weighted by molar-refractivity contribution is -0.120. The zero-order chi connectivity index (χ0) is 19.7. The number of amides is 2. The molecule has 2 amide bonds. The lowest BCUT2D eigenvalue weighted by Crippen LogP contribution is -2.32. The molecule has 3 aromatic rings. The minimum absolute atomic E-state index is 0.241. The second-order valence-electron chi connectivity index (χ2n) is 5.98. The number of para-hydroxylation sites is 1. The predicted molar refractivity (Wildman–Crippen MR) is 112 cm³/mol. The van der Waals surface area contributed by atoms with Crippen molar-refractivity contribution in [1.82, 2.24) is 0 Å². The Labute approximate surface area is 170 Å². The maximum absolute atomic E-state index is 13.2. The number of rotatable bonds is 5. The Morgan fingerprint density at radius 3 is 2.43 bits per heavy atom. The van der Waals surface area contributed by atoms with Gasteiger partial charge in [0.15, 0.2) is 0 Å². The molecule has 0 aliphatic carbocycles. The molecule has 4 rings (SSSR count). The highest BCUT2D eigenvalue weighted by molar-refractivity contribution is 7.11. The standard InChI is InChI=1S/C21H15ClN2O3S/c1-27-16-10-9-14(12-15(16)22)24-20(25)18(17-8-5-11-28-17)19(21(24)26)23-13-6-3-2-4-7-13/h2-12,23H,1H3. The minimum Gasteiger partial charge on any atom is -0.495 e. The second kappa shape index (κ2) is 7.50. The number of thiophene rings is 1. The number of methoxy groups -OCH3 is 1. The van der Waals surface area contributed by atoms with Gasteiger partial charge in [-0.15, -0.1) is 11.3 Å². The lowest BCUT2D eigenvalue weighted by Gasteiger charge is -2.16. The van der Waals surface area contributed by atoms with Crippen LogP contribution in [-0.2, 0) is 9.59 Å². The first-order valence-corrected chi connectivity index (χ1v) is 9.68. The average Bonchev–Trinajstić information content (AvgIpc) is 3.30. The highest BCUT2D eigenvalue weighted by Gasteiger charge is 2.40. The topological polar surface area (TPSA) is 58.6 Å². The predicted octanol–water partition coefficient (Wildman–Crippen LogP) is 4.81. The van der Waals surface area contributed by atoms with Gasteiger partial charge in [0, 0.05) is 10.6 Å². The van der Waals surface area contributed by atoms with Gasteiger partial charge in [-0.2, -0.15) is 0 Å². The van der Waals surface area contributed by atoms with Gasteiger partial charge in [0.2, 0.25) is 0 Å². The molecule has 0 radical (unpaired) electrons. The average molecular weight is 411 g/mol. The van der Waals surface area contributed by atoms with Gasteiger partial charge in [-0.05, 0) is 41.8 Å². The van der Waals surface area contributed by atoms with Crippen LogP contribution in [0.25, 0.3) is 5.57 Å². The molecule has 0 fully saturated rings. The third-order valence-corrected chi connectivity index (χ3v) is 5.47. The fourth-order valence-electron chi connectivity index (χ4n) is 2.99. The van der Waals surface area contributed by atoms with E-state index in [1.165, 1.54) is 18.4 Å². The van der Waals surface area contributed by atoms with Crippen LogP contribution in [0.4, 0.5) is 11.4 Å². The monoisotopic (exact) mass is 410 g/mol. The summed E-state index contributed by atoms with van der Waals surface area (Å²) in [6.07, 6.45) is 0. The number of anilines is 2. The van der Waals surface area contributed by atoms with Crippen LogP contribution in [0, 0.1) is 0 Å². The fourth-order valence-corrected chi connectivity index (χ4v) is 4.01. The largest absolute Gasteiger partial charge is 0.495 e. The number of benzene rings is 2. The summed E-state index contributed by atoms with van der Waals surface area (Å²) in [7, 11) is 1.51. The Kier molecular flexibility index (Phi) is 4.90. The SMILES string of the molecule is COc1ccc(N2C(=O)C(Nc3ccccc3)=C(c3cccs3)C2=O)cc1Cl. The van der Waals surface area contributed by atoms with Crippen molar-refractivity contribution in [1.29, 1.82) is 0 Å². The molecule has 0 unspecified atom stereocenters. The van der Waals surface area contributed by atoms with Crippen molar-refractivity contribution in [2.45, 2.75) is 0 Å². The molecular weight excluding hydrogens is 396 g/mol. The van der Waals surface area contributed by atoms with Crippen molar-refractivity contribution in [3.05, 3.63) is 81.6 Å². The summed E-state index contributed by atoms with van der Waals surface area (Å²) in [4.78, 5) is 28.3. The van der Waals surface area contributed by atoms with Gasteiger partial charge in [-0.1, -0.05) is 35.9 Å². The molecule has 1 aliphatic heterocycles. The van der Waals surface area contributed by atoms with Gasteiger partial charge < -0.3 is 10.1 Å². The number of carbonyl (C=O) groups excluding carboxylic acids is 2. The normalized spacial score (nSPS) is 14.0. The van der Waals surface area contributed by atoms with Crippen LogP contribution in [0.5, 0.6) is 5.75 Å². The van der Waals surface area contributed by atoms with Crippen molar-refractivity contribution in [2.75, 3.05) is 17.3 Å². The van der Waals surface area contributed by atoms with E-state index in [2.05, 4.69) is 5.32 Å². The van der Waals surface area contributed by atoms with Crippen LogP contribution >= 0.6 is 22.9 Å². The summed E-state index contributed by atoms with van der Waals surface area (Å²) in [6, 6.07) is 17.8. The molecule has 2 heterocycles. The highest BCUT2D eigenvalue weighted by Crippen LogP contribution is 2.37. The molecule has 0 spiro atoms. The number of nitrogens with zero attached hydrogens (tertiary/aromatic N) is 1. The number of imide groups is 1. The molecule has 5 nitrogen and oxygen atoms in total. The molecular formula is C21H15ClN2O3S. The van der Waals surface area contributed by atoms with Crippen LogP contribution in [0.3, 0.4) is 0 Å². The molecule has 1 aromatic heterocycles. The van der Waals surface area contributed by atoms with E-state index in [4.69, 9.17) is 16.3 Å². The first-order valence-electron chi connectivity index (χ1n) is 8.42. The van der Waals surface area contributed by atoms with E-state index in [0.717, 1.165) is 15.5 Å². The summed E-state index contributed by atoms with van der Waals surface area (Å²) in [5, 5.41) is 5.30. The second-order valence-corrected chi connectivity index (χ2v) is 7.34. The maximum Gasteiger partial charge on any atom is 0.282 e. The van der Waals surface area contributed by atoms with Crippen LogP contribution in [0.2, 0.25) is 5.02 Å². The third-order valence-electron chi connectivity index (χ3n) is 4.29. The molecule has 0 saturated carbocycles. The Bertz CT molecular complexity index is 1080. The fraction of sp³-hybridized carbons (Fsp3) is 0.0476. The smallest absolute Gasteiger partial charge is 0.282 e. The van der Waals surface area contributed by atoms with Crippen molar-refractivity contribution in [3.8, 4) is 5.75 Å². The first kappa shape index (κ1) is 18.3. The van der Waals surface area contributed by atoms with Gasteiger partial charge in [0.1, 0.15) is 11.4 Å². The molecule has 0 bridgehead atoms. The molecule has 0 saturated heterocycles. The van der Waals surface area contributed by atoms with E-state index in [0.29, 0.717) is 22.0 Å². The van der Waals surface area contributed by atoms with Gasteiger partial charge in [-0.3, -0.25) is 9.59 Å².